The van der Waals surface area contributed by atoms with Crippen molar-refractivity contribution in [2.45, 2.75) is 13.5 Å². The first-order valence-electron chi connectivity index (χ1n) is 8.38. The molecule has 142 valence electrons. The lowest BCUT2D eigenvalue weighted by molar-refractivity contribution is -0.409. The summed E-state index contributed by atoms with van der Waals surface area (Å²) >= 11 is 0. The van der Waals surface area contributed by atoms with E-state index < -0.39 is 11.9 Å². The summed E-state index contributed by atoms with van der Waals surface area (Å²) < 4.78 is 17.4. The number of hydrogen-bond donors (Lipinski definition) is 0. The molecule has 1 aromatic rings. The topological polar surface area (TPSA) is 80.4 Å². The second kappa shape index (κ2) is 7.22. The van der Waals surface area contributed by atoms with Crippen LogP contribution < -0.4 is 9.47 Å². The summed E-state index contributed by atoms with van der Waals surface area (Å²) in [6.07, 6.45) is 1.60. The molecule has 0 saturated heterocycles. The second-order valence-electron chi connectivity index (χ2n) is 6.29. The van der Waals surface area contributed by atoms with Crippen LogP contribution in [0.5, 0.6) is 11.5 Å². The molecule has 0 radical (unpaired) electrons. The van der Waals surface area contributed by atoms with E-state index in [0.717, 1.165) is 5.57 Å². The molecule has 8 heteroatoms. The molecule has 1 atom stereocenters. The lowest BCUT2D eigenvalue weighted by Gasteiger charge is -2.29. The number of allylic oxidation sites excluding steroid dienone is 1. The van der Waals surface area contributed by atoms with E-state index in [9.17, 15) is 9.59 Å². The number of nitrogens with zero attached hydrogens (tertiary/aromatic N) is 3. The molecule has 0 bridgehead atoms. The first-order chi connectivity index (χ1) is 12.9. The Morgan fingerprint density at radius 1 is 1.07 bits per heavy atom. The van der Waals surface area contributed by atoms with E-state index in [0.29, 0.717) is 28.7 Å². The van der Waals surface area contributed by atoms with Crippen molar-refractivity contribution in [2.75, 3.05) is 28.4 Å². The minimum absolute atomic E-state index is 0.0824. The molecule has 1 aromatic carbocycles. The van der Waals surface area contributed by atoms with Gasteiger partial charge in [0.05, 0.1) is 28.4 Å². The predicted molar refractivity (Wildman–Crippen MR) is 98.4 cm³/mol. The van der Waals surface area contributed by atoms with Crippen LogP contribution in [0.2, 0.25) is 0 Å². The van der Waals surface area contributed by atoms with Gasteiger partial charge in [-0.3, -0.25) is 4.79 Å². The average Bonchev–Trinajstić information content (AvgIpc) is 2.68. The van der Waals surface area contributed by atoms with Crippen LogP contribution in [0.4, 0.5) is 4.79 Å². The highest BCUT2D eigenvalue weighted by Crippen LogP contribution is 2.29. The van der Waals surface area contributed by atoms with E-state index in [-0.39, 0.29) is 12.5 Å². The van der Waals surface area contributed by atoms with E-state index in [2.05, 4.69) is 4.99 Å². The van der Waals surface area contributed by atoms with Gasteiger partial charge in [0.25, 0.3) is 5.84 Å². The number of aliphatic imine (C=N–C) groups is 1. The molecule has 0 fully saturated rings. The molecule has 2 aliphatic heterocycles. The zero-order valence-electron chi connectivity index (χ0n) is 16.0. The van der Waals surface area contributed by atoms with Gasteiger partial charge in [-0.1, -0.05) is 0 Å². The maximum atomic E-state index is 13.2. The van der Waals surface area contributed by atoms with Crippen molar-refractivity contribution < 1.29 is 28.4 Å². The molecule has 0 aromatic heterocycles. The molecule has 8 nitrogen and oxygen atoms in total. The van der Waals surface area contributed by atoms with Crippen LogP contribution in [0.15, 0.2) is 34.5 Å². The number of methoxy groups -OCH3 is 3. The average molecular weight is 372 g/mol. The Kier molecular flexibility index (Phi) is 4.98. The van der Waals surface area contributed by atoms with Gasteiger partial charge < -0.3 is 14.2 Å². The highest BCUT2D eigenvalue weighted by atomic mass is 16.5. The molecule has 0 saturated carbocycles. The van der Waals surface area contributed by atoms with Gasteiger partial charge in [0, 0.05) is 11.6 Å². The van der Waals surface area contributed by atoms with Crippen molar-refractivity contribution in [3.8, 4) is 11.5 Å². The number of imide groups is 1. The molecule has 3 rings (SSSR count). The highest BCUT2D eigenvalue weighted by Gasteiger charge is 2.50. The number of benzene rings is 1. The Bertz CT molecular complexity index is 878. The minimum atomic E-state index is -0.741. The number of amidine groups is 1. The second-order valence-corrected chi connectivity index (χ2v) is 6.29. The van der Waals surface area contributed by atoms with Crippen LogP contribution in [0.3, 0.4) is 0 Å². The first-order valence-corrected chi connectivity index (χ1v) is 8.38. The molecular formula is C19H22N3O5+. The largest absolute Gasteiger partial charge is 0.499 e. The van der Waals surface area contributed by atoms with Crippen LogP contribution in [0.25, 0.3) is 0 Å². The van der Waals surface area contributed by atoms with Crippen LogP contribution >= 0.6 is 0 Å². The van der Waals surface area contributed by atoms with Gasteiger partial charge in [-0.05, 0) is 24.6 Å². The lowest BCUT2D eigenvalue weighted by atomic mass is 9.96. The third kappa shape index (κ3) is 3.18. The van der Waals surface area contributed by atoms with E-state index in [1.807, 2.05) is 6.92 Å². The van der Waals surface area contributed by atoms with Gasteiger partial charge >= 0.3 is 11.9 Å². The van der Waals surface area contributed by atoms with Gasteiger partial charge in [0.1, 0.15) is 30.0 Å². The van der Waals surface area contributed by atoms with Crippen LogP contribution in [-0.2, 0) is 16.1 Å². The number of ether oxygens (including phenoxy) is 3. The van der Waals surface area contributed by atoms with Gasteiger partial charge in [0.2, 0.25) is 0 Å². The van der Waals surface area contributed by atoms with Gasteiger partial charge in [0.15, 0.2) is 5.92 Å². The van der Waals surface area contributed by atoms with Crippen LogP contribution in [-0.4, -0.2) is 61.8 Å². The molecular weight excluding hydrogens is 350 g/mol. The van der Waals surface area contributed by atoms with Crippen molar-refractivity contribution in [3.63, 3.8) is 0 Å². The zero-order valence-corrected chi connectivity index (χ0v) is 16.0. The summed E-state index contributed by atoms with van der Waals surface area (Å²) in [5, 5.41) is 0. The fraction of sp³-hybridized carbons (Fsp3) is 0.368. The number of carbonyl (C=O) groups is 2. The molecule has 27 heavy (non-hydrogen) atoms. The van der Waals surface area contributed by atoms with Crippen molar-refractivity contribution in [1.82, 2.24) is 4.90 Å². The zero-order chi connectivity index (χ0) is 19.7. The Balaban J connectivity index is 2.01. The van der Waals surface area contributed by atoms with Gasteiger partial charge in [-0.2, -0.15) is 9.48 Å². The van der Waals surface area contributed by atoms with Crippen molar-refractivity contribution >= 4 is 24.0 Å². The predicted octanol–water partition coefficient (Wildman–Crippen LogP) is 1.83. The van der Waals surface area contributed by atoms with Crippen molar-refractivity contribution in [1.29, 1.82) is 0 Å². The normalized spacial score (nSPS) is 19.4. The van der Waals surface area contributed by atoms with Crippen molar-refractivity contribution in [3.05, 3.63) is 35.1 Å². The summed E-state index contributed by atoms with van der Waals surface area (Å²) in [5.41, 5.74) is 1.47. The monoisotopic (exact) mass is 372 g/mol. The molecule has 3 amide bonds. The standard InChI is InChI=1S/C19H22N3O5/c1-11-9-20-17-15(16(11)27-5)18(23)22(19(24)21(17)2)10-12-6-13(25-3)8-14(7-12)26-4/h6-9,15H,10H2,1-5H3/q+1. The number of hydrogen-bond acceptors (Lipinski definition) is 6. The fourth-order valence-electron chi connectivity index (χ4n) is 3.24. The Morgan fingerprint density at radius 3 is 2.26 bits per heavy atom. The number of dihydropyridines is 1. The Morgan fingerprint density at radius 2 is 1.70 bits per heavy atom. The maximum Gasteiger partial charge on any atom is 0.445 e. The molecule has 1 unspecified atom stereocenters. The summed E-state index contributed by atoms with van der Waals surface area (Å²) in [7, 11) is 6.20. The SMILES string of the molecule is COC1=C(C)C=NC2=[N+](C)C(=O)N(Cc3cc(OC)cc(OC)c3)C(=O)C12. The Hall–Kier alpha value is -3.16. The molecule has 0 N–H and O–H groups in total. The maximum absolute atomic E-state index is 13.2. The Labute approximate surface area is 157 Å². The van der Waals surface area contributed by atoms with Gasteiger partial charge in [-0.25, -0.2) is 4.79 Å². The molecule has 2 aliphatic rings. The first kappa shape index (κ1) is 18.6. The third-order valence-corrected chi connectivity index (χ3v) is 4.65. The number of carbonyl (C=O) groups excluding carboxylic acids is 2. The van der Waals surface area contributed by atoms with E-state index >= 15 is 0 Å². The summed E-state index contributed by atoms with van der Waals surface area (Å²) in [6, 6.07) is 4.81. The smallest absolute Gasteiger partial charge is 0.445 e. The lowest BCUT2D eigenvalue weighted by Crippen LogP contribution is -2.54. The van der Waals surface area contributed by atoms with E-state index in [1.54, 1.807) is 45.7 Å². The number of amides is 3. The number of urea groups is 1. The summed E-state index contributed by atoms with van der Waals surface area (Å²) in [6.45, 7) is 1.90. The highest BCUT2D eigenvalue weighted by molar-refractivity contribution is 6.16. The minimum Gasteiger partial charge on any atom is -0.499 e. The number of rotatable bonds is 5. The van der Waals surface area contributed by atoms with E-state index in [1.165, 1.54) is 16.6 Å². The quantitative estimate of drug-likeness (QED) is 0.737. The van der Waals surface area contributed by atoms with Crippen LogP contribution in [0.1, 0.15) is 12.5 Å². The molecule has 2 heterocycles. The summed E-state index contributed by atoms with van der Waals surface area (Å²) in [5.74, 6) is 0.914. The molecule has 0 aliphatic carbocycles. The fourth-order valence-corrected chi connectivity index (χ4v) is 3.24. The van der Waals surface area contributed by atoms with Gasteiger partial charge in [-0.15, -0.1) is 4.99 Å². The van der Waals surface area contributed by atoms with Crippen molar-refractivity contribution in [2.24, 2.45) is 10.9 Å². The number of fused-ring (bicyclic) bond motifs is 1. The molecule has 0 spiro atoms. The van der Waals surface area contributed by atoms with E-state index in [4.69, 9.17) is 14.2 Å². The van der Waals surface area contributed by atoms with Crippen LogP contribution in [0, 0.1) is 5.92 Å². The summed E-state index contributed by atoms with van der Waals surface area (Å²) in [4.78, 5) is 31.4. The third-order valence-electron chi connectivity index (χ3n) is 4.65.